The van der Waals surface area contributed by atoms with E-state index in [4.69, 9.17) is 9.47 Å². The Morgan fingerprint density at radius 2 is 1.85 bits per heavy atom. The third kappa shape index (κ3) is 4.11. The summed E-state index contributed by atoms with van der Waals surface area (Å²) >= 11 is 4.45. The Labute approximate surface area is 180 Å². The first-order valence-corrected chi connectivity index (χ1v) is 10.2. The molecular formula is C20H17I2NO3. The molecule has 0 aromatic heterocycles. The van der Waals surface area contributed by atoms with Gasteiger partial charge in [0.15, 0.2) is 5.70 Å². The van der Waals surface area contributed by atoms with Crippen LogP contribution in [-0.4, -0.2) is 19.0 Å². The van der Waals surface area contributed by atoms with E-state index in [-0.39, 0.29) is 5.70 Å². The summed E-state index contributed by atoms with van der Waals surface area (Å²) in [6.45, 7) is 4.28. The number of methoxy groups -OCH3 is 1. The molecule has 0 atom stereocenters. The molecule has 0 saturated heterocycles. The predicted octanol–water partition coefficient (Wildman–Crippen LogP) is 5.37. The van der Waals surface area contributed by atoms with Crippen LogP contribution in [0.25, 0.3) is 6.08 Å². The summed E-state index contributed by atoms with van der Waals surface area (Å²) in [7, 11) is 1.62. The van der Waals surface area contributed by atoms with E-state index >= 15 is 0 Å². The van der Waals surface area contributed by atoms with Crippen LogP contribution < -0.4 is 4.74 Å². The molecule has 0 aliphatic carbocycles. The number of halogens is 2. The van der Waals surface area contributed by atoms with Crippen LogP contribution >= 0.6 is 45.2 Å². The maximum Gasteiger partial charge on any atom is 0.363 e. The summed E-state index contributed by atoms with van der Waals surface area (Å²) in [6.07, 6.45) is 1.71. The molecule has 4 nitrogen and oxygen atoms in total. The van der Waals surface area contributed by atoms with Crippen molar-refractivity contribution in [1.82, 2.24) is 0 Å². The first-order chi connectivity index (χ1) is 12.4. The van der Waals surface area contributed by atoms with Crippen molar-refractivity contribution in [3.63, 3.8) is 0 Å². The van der Waals surface area contributed by atoms with Gasteiger partial charge in [0.25, 0.3) is 0 Å². The summed E-state index contributed by atoms with van der Waals surface area (Å²) < 4.78 is 12.9. The van der Waals surface area contributed by atoms with Gasteiger partial charge < -0.3 is 9.47 Å². The van der Waals surface area contributed by atoms with E-state index in [9.17, 15) is 4.79 Å². The highest BCUT2D eigenvalue weighted by molar-refractivity contribution is 14.1. The molecular weight excluding hydrogens is 556 g/mol. The van der Waals surface area contributed by atoms with Gasteiger partial charge in [-0.15, -0.1) is 0 Å². The largest absolute Gasteiger partial charge is 0.495 e. The maximum absolute atomic E-state index is 12.3. The second kappa shape index (κ2) is 8.08. The van der Waals surface area contributed by atoms with E-state index in [1.165, 1.54) is 5.56 Å². The Bertz CT molecular complexity index is 915. The summed E-state index contributed by atoms with van der Waals surface area (Å²) in [5.74, 6) is 1.04. The van der Waals surface area contributed by atoms with Crippen LogP contribution in [0.4, 0.5) is 0 Å². The summed E-state index contributed by atoms with van der Waals surface area (Å²) in [5.41, 5.74) is 3.09. The van der Waals surface area contributed by atoms with Crippen LogP contribution in [0.3, 0.4) is 0 Å². The summed E-state index contributed by atoms with van der Waals surface area (Å²) in [5, 5.41) is 0. The Hall–Kier alpha value is -1.42. The fourth-order valence-electron chi connectivity index (χ4n) is 2.59. The van der Waals surface area contributed by atoms with Gasteiger partial charge in [0.1, 0.15) is 5.75 Å². The molecule has 3 rings (SSSR count). The lowest BCUT2D eigenvalue weighted by molar-refractivity contribution is -0.129. The molecule has 1 heterocycles. The lowest BCUT2D eigenvalue weighted by atomic mass is 10.0. The van der Waals surface area contributed by atoms with Gasteiger partial charge in [-0.1, -0.05) is 26.0 Å². The standard InChI is InChI=1S/C20H17I2NO3/c1-11(2)12-4-6-13(7-5-12)19-23-17(20(24)26-19)9-14-8-15(21)10-16(22)18(14)25-3/h4-11H,1-3H3. The number of benzene rings is 2. The van der Waals surface area contributed by atoms with Gasteiger partial charge in [-0.25, -0.2) is 9.79 Å². The van der Waals surface area contributed by atoms with Crippen LogP contribution in [0.2, 0.25) is 0 Å². The van der Waals surface area contributed by atoms with E-state index in [1.807, 2.05) is 36.4 Å². The van der Waals surface area contributed by atoms with Crippen molar-refractivity contribution in [3.05, 3.63) is 65.9 Å². The van der Waals surface area contributed by atoms with Gasteiger partial charge in [0, 0.05) is 14.7 Å². The lowest BCUT2D eigenvalue weighted by Gasteiger charge is -2.08. The Kier molecular flexibility index (Phi) is 6.01. The molecule has 0 unspecified atom stereocenters. The summed E-state index contributed by atoms with van der Waals surface area (Å²) in [6, 6.07) is 11.9. The molecule has 2 aromatic carbocycles. The van der Waals surface area contributed by atoms with Crippen LogP contribution in [0.5, 0.6) is 5.75 Å². The van der Waals surface area contributed by atoms with E-state index in [0.717, 1.165) is 24.0 Å². The highest BCUT2D eigenvalue weighted by Crippen LogP contribution is 2.31. The minimum Gasteiger partial charge on any atom is -0.495 e. The van der Waals surface area contributed by atoms with E-state index < -0.39 is 5.97 Å². The number of nitrogens with zero attached hydrogens (tertiary/aromatic N) is 1. The van der Waals surface area contributed by atoms with Crippen molar-refractivity contribution >= 4 is 63.1 Å². The fourth-order valence-corrected chi connectivity index (χ4v) is 4.70. The second-order valence-electron chi connectivity index (χ2n) is 6.12. The zero-order chi connectivity index (χ0) is 18.8. The van der Waals surface area contributed by atoms with Crippen molar-refractivity contribution in [2.45, 2.75) is 19.8 Å². The van der Waals surface area contributed by atoms with Gasteiger partial charge in [0.05, 0.1) is 10.7 Å². The van der Waals surface area contributed by atoms with Gasteiger partial charge in [0.2, 0.25) is 5.90 Å². The Morgan fingerprint density at radius 3 is 2.46 bits per heavy atom. The molecule has 2 aromatic rings. The quantitative estimate of drug-likeness (QED) is 0.281. The van der Waals surface area contributed by atoms with Gasteiger partial charge >= 0.3 is 5.97 Å². The monoisotopic (exact) mass is 573 g/mol. The predicted molar refractivity (Wildman–Crippen MR) is 120 cm³/mol. The number of cyclic esters (lactones) is 1. The van der Waals surface area contributed by atoms with Crippen molar-refractivity contribution in [3.8, 4) is 5.75 Å². The number of carbonyl (C=O) groups excluding carboxylic acids is 1. The fraction of sp³-hybridized carbons (Fsp3) is 0.200. The average molecular weight is 573 g/mol. The molecule has 0 spiro atoms. The Balaban J connectivity index is 1.97. The van der Waals surface area contributed by atoms with Gasteiger partial charge in [-0.05, 0) is 87.0 Å². The molecule has 1 aliphatic heterocycles. The zero-order valence-corrected chi connectivity index (χ0v) is 18.9. The average Bonchev–Trinajstić information content (AvgIpc) is 2.95. The lowest BCUT2D eigenvalue weighted by Crippen LogP contribution is -2.05. The van der Waals surface area contributed by atoms with Crippen LogP contribution in [0, 0.1) is 7.14 Å². The maximum atomic E-state index is 12.3. The van der Waals surface area contributed by atoms with E-state index in [2.05, 4.69) is 64.0 Å². The topological polar surface area (TPSA) is 47.9 Å². The van der Waals surface area contributed by atoms with Crippen molar-refractivity contribution in [2.24, 2.45) is 4.99 Å². The number of hydrogen-bond acceptors (Lipinski definition) is 4. The smallest absolute Gasteiger partial charge is 0.363 e. The molecule has 134 valence electrons. The minimum atomic E-state index is -0.455. The van der Waals surface area contributed by atoms with Crippen LogP contribution in [0.1, 0.15) is 36.5 Å². The van der Waals surface area contributed by atoms with Crippen LogP contribution in [-0.2, 0) is 9.53 Å². The Morgan fingerprint density at radius 1 is 1.15 bits per heavy atom. The highest BCUT2D eigenvalue weighted by Gasteiger charge is 2.25. The molecule has 0 N–H and O–H groups in total. The second-order valence-corrected chi connectivity index (χ2v) is 8.53. The first kappa shape index (κ1) is 19.3. The number of carbonyl (C=O) groups is 1. The number of hydrogen-bond donors (Lipinski definition) is 0. The number of ether oxygens (including phenoxy) is 2. The molecule has 6 heteroatoms. The molecule has 1 aliphatic rings. The third-order valence-corrected chi connectivity index (χ3v) is 5.40. The van der Waals surface area contributed by atoms with Crippen LogP contribution in [0.15, 0.2) is 47.1 Å². The highest BCUT2D eigenvalue weighted by atomic mass is 127. The number of esters is 1. The first-order valence-electron chi connectivity index (χ1n) is 8.05. The zero-order valence-electron chi connectivity index (χ0n) is 14.5. The molecule has 0 bridgehead atoms. The van der Waals surface area contributed by atoms with Gasteiger partial charge in [-0.3, -0.25) is 0 Å². The molecule has 0 fully saturated rings. The molecule has 26 heavy (non-hydrogen) atoms. The van der Waals surface area contributed by atoms with Crippen molar-refractivity contribution < 1.29 is 14.3 Å². The molecule has 0 saturated carbocycles. The summed E-state index contributed by atoms with van der Waals surface area (Å²) in [4.78, 5) is 16.6. The molecule has 0 amide bonds. The van der Waals surface area contributed by atoms with Crippen molar-refractivity contribution in [2.75, 3.05) is 7.11 Å². The van der Waals surface area contributed by atoms with Gasteiger partial charge in [-0.2, -0.15) is 0 Å². The third-order valence-electron chi connectivity index (χ3n) is 3.98. The minimum absolute atomic E-state index is 0.268. The van der Waals surface area contributed by atoms with E-state index in [1.54, 1.807) is 13.2 Å². The number of aliphatic imine (C=N–C) groups is 1. The normalized spacial score (nSPS) is 15.4. The molecule has 0 radical (unpaired) electrons. The number of rotatable bonds is 4. The SMILES string of the molecule is COc1c(I)cc(I)cc1C=C1N=C(c2ccc(C(C)C)cc2)OC1=O. The van der Waals surface area contributed by atoms with E-state index in [0.29, 0.717) is 11.8 Å². The van der Waals surface area contributed by atoms with Crippen molar-refractivity contribution in [1.29, 1.82) is 0 Å².